The molecule has 3 aromatic rings. The lowest BCUT2D eigenvalue weighted by Gasteiger charge is -2.32. The van der Waals surface area contributed by atoms with Crippen LogP contribution in [0.1, 0.15) is 61.1 Å². The minimum atomic E-state index is -0.397. The maximum absolute atomic E-state index is 6.47. The van der Waals surface area contributed by atoms with Crippen LogP contribution in [0.2, 0.25) is 0 Å². The molecule has 1 heterocycles. The summed E-state index contributed by atoms with van der Waals surface area (Å²) in [5, 5.41) is 0. The Kier molecular flexibility index (Phi) is 5.87. The van der Waals surface area contributed by atoms with Crippen LogP contribution in [0, 0.1) is 41.5 Å². The molecule has 0 spiro atoms. The van der Waals surface area contributed by atoms with Crippen molar-refractivity contribution < 1.29 is 9.31 Å². The first-order valence-corrected chi connectivity index (χ1v) is 12.0. The van der Waals surface area contributed by atoms with Gasteiger partial charge in [-0.15, -0.1) is 0 Å². The van der Waals surface area contributed by atoms with E-state index in [1.54, 1.807) is 0 Å². The smallest absolute Gasteiger partial charge is 0.399 e. The average molecular weight is 440 g/mol. The molecule has 1 fully saturated rings. The van der Waals surface area contributed by atoms with Crippen molar-refractivity contribution in [2.24, 2.45) is 0 Å². The number of rotatable bonds is 3. The maximum Gasteiger partial charge on any atom is 0.494 e. The number of benzene rings is 3. The van der Waals surface area contributed by atoms with E-state index in [0.29, 0.717) is 0 Å². The third-order valence-electron chi connectivity index (χ3n) is 7.41. The van der Waals surface area contributed by atoms with E-state index in [4.69, 9.17) is 9.31 Å². The minimum absolute atomic E-state index is 0.376. The molecule has 4 rings (SSSR count). The predicted octanol–water partition coefficient (Wildman–Crippen LogP) is 7.17. The number of hydrogen-bond donors (Lipinski definition) is 0. The lowest BCUT2D eigenvalue weighted by Crippen LogP contribution is -2.41. The Morgan fingerprint density at radius 1 is 0.515 bits per heavy atom. The van der Waals surface area contributed by atoms with Gasteiger partial charge in [0.2, 0.25) is 0 Å². The summed E-state index contributed by atoms with van der Waals surface area (Å²) in [6.07, 6.45) is 0. The highest BCUT2D eigenvalue weighted by Crippen LogP contribution is 2.38. The molecule has 1 aliphatic rings. The van der Waals surface area contributed by atoms with Gasteiger partial charge in [-0.3, -0.25) is 0 Å². The molecule has 3 heteroatoms. The molecular weight excluding hydrogens is 403 g/mol. The lowest BCUT2D eigenvalue weighted by atomic mass is 9.75. The topological polar surface area (TPSA) is 18.5 Å². The highest BCUT2D eigenvalue weighted by Gasteiger charge is 2.51. The quantitative estimate of drug-likeness (QED) is 0.402. The Morgan fingerprint density at radius 2 is 0.848 bits per heavy atom. The van der Waals surface area contributed by atoms with Gasteiger partial charge in [0.15, 0.2) is 0 Å². The van der Waals surface area contributed by atoms with Crippen LogP contribution in [0.4, 0.5) is 0 Å². The fraction of sp³-hybridized carbons (Fsp3) is 0.400. The van der Waals surface area contributed by atoms with Gasteiger partial charge in [-0.1, -0.05) is 47.5 Å². The summed E-state index contributed by atoms with van der Waals surface area (Å²) in [7, 11) is -0.397. The summed E-state index contributed by atoms with van der Waals surface area (Å²) < 4.78 is 12.9. The van der Waals surface area contributed by atoms with Gasteiger partial charge in [0.1, 0.15) is 0 Å². The summed E-state index contributed by atoms with van der Waals surface area (Å²) in [6, 6.07) is 15.9. The molecule has 0 unspecified atom stereocenters. The Labute approximate surface area is 200 Å². The second-order valence-electron chi connectivity index (χ2n) is 11.0. The predicted molar refractivity (Wildman–Crippen MR) is 141 cm³/mol. The minimum Gasteiger partial charge on any atom is -0.399 e. The van der Waals surface area contributed by atoms with Crippen molar-refractivity contribution >= 4 is 12.6 Å². The highest BCUT2D eigenvalue weighted by molar-refractivity contribution is 6.62. The third kappa shape index (κ3) is 4.29. The first-order valence-electron chi connectivity index (χ1n) is 12.0. The molecule has 33 heavy (non-hydrogen) atoms. The Balaban J connectivity index is 1.96. The molecule has 1 saturated heterocycles. The SMILES string of the molecule is Cc1cc(C)c(-c2cc(B3OC(C)(C)C(C)(C)O3)cc(-c3c(C)cc(C)cc3C)c2)c(C)c1. The fourth-order valence-electron chi connectivity index (χ4n) is 5.33. The molecule has 0 saturated carbocycles. The molecular formula is C30H37BO2. The van der Waals surface area contributed by atoms with Crippen molar-refractivity contribution in [1.29, 1.82) is 0 Å². The summed E-state index contributed by atoms with van der Waals surface area (Å²) in [5.41, 5.74) is 13.1. The lowest BCUT2D eigenvalue weighted by molar-refractivity contribution is 0.00578. The van der Waals surface area contributed by atoms with Gasteiger partial charge in [-0.05, 0) is 125 Å². The van der Waals surface area contributed by atoms with Crippen molar-refractivity contribution in [1.82, 2.24) is 0 Å². The van der Waals surface area contributed by atoms with Gasteiger partial charge < -0.3 is 9.31 Å². The molecule has 0 aromatic heterocycles. The van der Waals surface area contributed by atoms with Crippen LogP contribution in [-0.4, -0.2) is 18.3 Å². The van der Waals surface area contributed by atoms with E-state index < -0.39 is 7.12 Å². The van der Waals surface area contributed by atoms with E-state index in [1.807, 2.05) is 0 Å². The van der Waals surface area contributed by atoms with Gasteiger partial charge in [0, 0.05) is 0 Å². The number of aryl methyl sites for hydroxylation is 6. The molecule has 0 aliphatic carbocycles. The zero-order chi connectivity index (χ0) is 24.3. The van der Waals surface area contributed by atoms with Crippen molar-refractivity contribution in [3.05, 3.63) is 75.8 Å². The highest BCUT2D eigenvalue weighted by atomic mass is 16.7. The van der Waals surface area contributed by atoms with E-state index in [-0.39, 0.29) is 11.2 Å². The summed E-state index contributed by atoms with van der Waals surface area (Å²) in [4.78, 5) is 0. The second-order valence-corrected chi connectivity index (χ2v) is 11.0. The van der Waals surface area contributed by atoms with Gasteiger partial charge in [-0.2, -0.15) is 0 Å². The Bertz CT molecular complexity index is 1100. The van der Waals surface area contributed by atoms with E-state index in [2.05, 4.69) is 112 Å². The van der Waals surface area contributed by atoms with Crippen molar-refractivity contribution in [3.8, 4) is 22.3 Å². The fourth-order valence-corrected chi connectivity index (χ4v) is 5.33. The van der Waals surface area contributed by atoms with E-state index in [0.717, 1.165) is 5.46 Å². The summed E-state index contributed by atoms with van der Waals surface area (Å²) in [5.74, 6) is 0. The van der Waals surface area contributed by atoms with Crippen LogP contribution in [0.15, 0.2) is 42.5 Å². The standard InChI is InChI=1S/C30H37BO2/c1-18-11-20(3)27(21(4)12-18)24-15-25(28-22(5)13-19(2)14-23(28)6)17-26(16-24)31-32-29(7,8)30(9,10)33-31/h11-17H,1-10H3. The number of hydrogen-bond acceptors (Lipinski definition) is 2. The molecule has 0 amide bonds. The van der Waals surface area contributed by atoms with Gasteiger partial charge in [0.25, 0.3) is 0 Å². The van der Waals surface area contributed by atoms with Crippen molar-refractivity contribution in [2.75, 3.05) is 0 Å². The zero-order valence-corrected chi connectivity index (χ0v) is 21.9. The van der Waals surface area contributed by atoms with E-state index >= 15 is 0 Å². The molecule has 3 aromatic carbocycles. The summed E-state index contributed by atoms with van der Waals surface area (Å²) >= 11 is 0. The largest absolute Gasteiger partial charge is 0.494 e. The van der Waals surface area contributed by atoms with E-state index in [1.165, 1.54) is 55.6 Å². The summed E-state index contributed by atoms with van der Waals surface area (Å²) in [6.45, 7) is 21.6. The first-order chi connectivity index (χ1) is 15.3. The Hall–Kier alpha value is -2.36. The molecule has 0 radical (unpaired) electrons. The van der Waals surface area contributed by atoms with Crippen LogP contribution < -0.4 is 5.46 Å². The zero-order valence-electron chi connectivity index (χ0n) is 21.9. The monoisotopic (exact) mass is 440 g/mol. The molecule has 0 N–H and O–H groups in total. The van der Waals surface area contributed by atoms with Gasteiger partial charge in [0.05, 0.1) is 11.2 Å². The van der Waals surface area contributed by atoms with Gasteiger partial charge >= 0.3 is 7.12 Å². The van der Waals surface area contributed by atoms with Crippen LogP contribution in [0.3, 0.4) is 0 Å². The van der Waals surface area contributed by atoms with E-state index in [9.17, 15) is 0 Å². The molecule has 1 aliphatic heterocycles. The first kappa shape index (κ1) is 23.8. The molecule has 0 atom stereocenters. The Morgan fingerprint density at radius 3 is 1.18 bits per heavy atom. The van der Waals surface area contributed by atoms with Crippen LogP contribution in [0.5, 0.6) is 0 Å². The van der Waals surface area contributed by atoms with Crippen LogP contribution >= 0.6 is 0 Å². The van der Waals surface area contributed by atoms with Gasteiger partial charge in [-0.25, -0.2) is 0 Å². The third-order valence-corrected chi connectivity index (χ3v) is 7.41. The van der Waals surface area contributed by atoms with Crippen molar-refractivity contribution in [2.45, 2.75) is 80.4 Å². The molecule has 0 bridgehead atoms. The second kappa shape index (κ2) is 8.15. The molecule has 2 nitrogen and oxygen atoms in total. The van der Waals surface area contributed by atoms with Crippen LogP contribution in [0.25, 0.3) is 22.3 Å². The maximum atomic E-state index is 6.47. The van der Waals surface area contributed by atoms with Crippen molar-refractivity contribution in [3.63, 3.8) is 0 Å². The normalized spacial score (nSPS) is 17.0. The average Bonchev–Trinajstić information content (AvgIpc) is 2.87. The van der Waals surface area contributed by atoms with Crippen LogP contribution in [-0.2, 0) is 9.31 Å². The molecule has 172 valence electrons.